The topological polar surface area (TPSA) is 97.9 Å². The number of hydrogen-bond acceptors (Lipinski definition) is 5. The molecule has 0 saturated heterocycles. The summed E-state index contributed by atoms with van der Waals surface area (Å²) in [4.78, 5) is 22.7. The lowest BCUT2D eigenvalue weighted by Crippen LogP contribution is -2.35. The number of benzene rings is 2. The highest BCUT2D eigenvalue weighted by Crippen LogP contribution is 2.33. The van der Waals surface area contributed by atoms with E-state index in [0.717, 1.165) is 75.5 Å². The van der Waals surface area contributed by atoms with Crippen LogP contribution in [-0.2, 0) is 24.2 Å². The third kappa shape index (κ3) is 4.30. The smallest absolute Gasteiger partial charge is 0.222 e. The number of phenols is 1. The summed E-state index contributed by atoms with van der Waals surface area (Å²) < 4.78 is 0. The van der Waals surface area contributed by atoms with Gasteiger partial charge in [-0.3, -0.25) is 9.89 Å². The molecule has 4 aromatic rings. The highest BCUT2D eigenvalue weighted by atomic mass is 32.2. The number of nitrogens with zero attached hydrogens (tertiary/aromatic N) is 3. The zero-order valence-electron chi connectivity index (χ0n) is 19.5. The normalized spacial score (nSPS) is 13.4. The maximum atomic E-state index is 12.6. The number of aryl methyl sites for hydroxylation is 1. The van der Waals surface area contributed by atoms with Crippen molar-refractivity contribution in [2.45, 2.75) is 39.2 Å². The number of amides is 1. The second kappa shape index (κ2) is 9.54. The fourth-order valence-electron chi connectivity index (χ4n) is 4.67. The van der Waals surface area contributed by atoms with E-state index >= 15 is 0 Å². The van der Waals surface area contributed by atoms with Gasteiger partial charge in [0.2, 0.25) is 5.91 Å². The van der Waals surface area contributed by atoms with E-state index in [1.165, 1.54) is 0 Å². The van der Waals surface area contributed by atoms with Gasteiger partial charge in [0, 0.05) is 24.8 Å². The summed E-state index contributed by atoms with van der Waals surface area (Å²) in [6, 6.07) is 11.8. The van der Waals surface area contributed by atoms with Gasteiger partial charge in [0.1, 0.15) is 11.4 Å². The molecule has 2 aromatic heterocycles. The van der Waals surface area contributed by atoms with Crippen molar-refractivity contribution in [3.8, 4) is 28.4 Å². The molecular formula is C26H29N5O2S. The van der Waals surface area contributed by atoms with Gasteiger partial charge in [-0.15, -0.1) is 0 Å². The molecule has 3 N–H and O–H groups in total. The van der Waals surface area contributed by atoms with Crippen molar-refractivity contribution in [2.75, 3.05) is 18.6 Å². The van der Waals surface area contributed by atoms with Gasteiger partial charge in [0.25, 0.3) is 0 Å². The van der Waals surface area contributed by atoms with E-state index in [2.05, 4.69) is 46.6 Å². The number of carbonyl (C=O) groups is 1. The molecular weight excluding hydrogens is 446 g/mol. The molecule has 0 radical (unpaired) electrons. The van der Waals surface area contributed by atoms with Gasteiger partial charge in [-0.05, 0) is 65.8 Å². The van der Waals surface area contributed by atoms with Gasteiger partial charge in [-0.2, -0.15) is 16.9 Å². The molecule has 0 unspecified atom stereocenters. The third-order valence-electron chi connectivity index (χ3n) is 6.49. The number of aromatic nitrogens is 4. The number of carbonyl (C=O) groups excluding carboxylic acids is 1. The van der Waals surface area contributed by atoms with Gasteiger partial charge in [-0.1, -0.05) is 19.1 Å². The van der Waals surface area contributed by atoms with E-state index in [0.29, 0.717) is 19.5 Å². The second-order valence-electron chi connectivity index (χ2n) is 8.70. The van der Waals surface area contributed by atoms with Gasteiger partial charge in [0.05, 0.1) is 23.4 Å². The number of imidazole rings is 1. The molecule has 0 atom stereocenters. The van der Waals surface area contributed by atoms with Crippen LogP contribution in [0.5, 0.6) is 5.75 Å². The first-order chi connectivity index (χ1) is 16.6. The minimum absolute atomic E-state index is 0.217. The zero-order valence-corrected chi connectivity index (χ0v) is 20.3. The number of thioether (sulfide) groups is 1. The fraction of sp³-hybridized carbons (Fsp3) is 0.346. The van der Waals surface area contributed by atoms with Crippen LogP contribution in [0.2, 0.25) is 0 Å². The summed E-state index contributed by atoms with van der Waals surface area (Å²) in [7, 11) is 0. The Kier molecular flexibility index (Phi) is 6.32. The first kappa shape index (κ1) is 22.5. The van der Waals surface area contributed by atoms with Crippen molar-refractivity contribution in [3.63, 3.8) is 0 Å². The SMILES string of the molecule is CCc1cc(O)ccc1-c1ccc2c(-c3nc4c([nH]3)CN(C(=O)CCCSC)CC4)n[nH]c2c1. The standard InChI is InChI=1S/C26H29N5O2S/c1-3-16-13-18(32)7-9-19(16)17-6-8-20-22(14-17)29-30-25(20)26-27-21-10-11-31(15-23(21)28-26)24(33)5-4-12-34-2/h6-9,13-14,32H,3-5,10-12,15H2,1-2H3,(H,27,28)(H,29,30). The van der Waals surface area contributed by atoms with Gasteiger partial charge < -0.3 is 15.0 Å². The summed E-state index contributed by atoms with van der Waals surface area (Å²) in [5.74, 6) is 2.25. The van der Waals surface area contributed by atoms with Gasteiger partial charge >= 0.3 is 0 Å². The molecule has 0 spiro atoms. The maximum absolute atomic E-state index is 12.6. The average Bonchev–Trinajstić information content (AvgIpc) is 3.46. The number of rotatable bonds is 7. The van der Waals surface area contributed by atoms with Gasteiger partial charge in [-0.25, -0.2) is 4.98 Å². The Balaban J connectivity index is 1.40. The summed E-state index contributed by atoms with van der Waals surface area (Å²) >= 11 is 1.78. The molecule has 1 amide bonds. The first-order valence-electron chi connectivity index (χ1n) is 11.7. The predicted molar refractivity (Wildman–Crippen MR) is 137 cm³/mol. The number of fused-ring (bicyclic) bond motifs is 2. The zero-order chi connectivity index (χ0) is 23.7. The molecule has 0 aliphatic carbocycles. The van der Waals surface area contributed by atoms with Crippen molar-refractivity contribution in [1.29, 1.82) is 0 Å². The molecule has 34 heavy (non-hydrogen) atoms. The number of aromatic amines is 2. The Morgan fingerprint density at radius 2 is 2.12 bits per heavy atom. The van der Waals surface area contributed by atoms with E-state index in [-0.39, 0.29) is 11.7 Å². The van der Waals surface area contributed by atoms with Crippen LogP contribution >= 0.6 is 11.8 Å². The molecule has 8 heteroatoms. The van der Waals surface area contributed by atoms with Crippen LogP contribution in [0.1, 0.15) is 36.7 Å². The average molecular weight is 476 g/mol. The number of hydrogen-bond donors (Lipinski definition) is 3. The van der Waals surface area contributed by atoms with Crippen LogP contribution in [0.3, 0.4) is 0 Å². The van der Waals surface area contributed by atoms with Crippen molar-refractivity contribution in [2.24, 2.45) is 0 Å². The molecule has 2 aromatic carbocycles. The van der Waals surface area contributed by atoms with Crippen LogP contribution in [0, 0.1) is 0 Å². The Morgan fingerprint density at radius 1 is 1.24 bits per heavy atom. The summed E-state index contributed by atoms with van der Waals surface area (Å²) in [5, 5.41) is 18.5. The Labute approximate surface area is 203 Å². The summed E-state index contributed by atoms with van der Waals surface area (Å²) in [6.45, 7) is 3.38. The molecule has 1 aliphatic rings. The number of nitrogens with one attached hydrogen (secondary N) is 2. The van der Waals surface area contributed by atoms with E-state index in [1.807, 2.05) is 17.0 Å². The van der Waals surface area contributed by atoms with Crippen LogP contribution < -0.4 is 0 Å². The van der Waals surface area contributed by atoms with Crippen LogP contribution in [-0.4, -0.2) is 54.6 Å². The minimum Gasteiger partial charge on any atom is -0.508 e. The minimum atomic E-state index is 0.217. The molecule has 0 bridgehead atoms. The van der Waals surface area contributed by atoms with Crippen molar-refractivity contribution in [3.05, 3.63) is 53.3 Å². The fourth-order valence-corrected chi connectivity index (χ4v) is 5.10. The number of H-pyrrole nitrogens is 2. The third-order valence-corrected chi connectivity index (χ3v) is 7.19. The van der Waals surface area contributed by atoms with Crippen molar-refractivity contribution < 1.29 is 9.90 Å². The summed E-state index contributed by atoms with van der Waals surface area (Å²) in [5.41, 5.74) is 7.03. The second-order valence-corrected chi connectivity index (χ2v) is 9.69. The monoisotopic (exact) mass is 475 g/mol. The van der Waals surface area contributed by atoms with E-state index in [9.17, 15) is 9.90 Å². The van der Waals surface area contributed by atoms with Crippen LogP contribution in [0.15, 0.2) is 36.4 Å². The highest BCUT2D eigenvalue weighted by Gasteiger charge is 2.25. The molecule has 7 nitrogen and oxygen atoms in total. The summed E-state index contributed by atoms with van der Waals surface area (Å²) in [6.07, 6.45) is 5.18. The Bertz CT molecular complexity index is 1340. The lowest BCUT2D eigenvalue weighted by atomic mass is 9.97. The largest absolute Gasteiger partial charge is 0.508 e. The highest BCUT2D eigenvalue weighted by molar-refractivity contribution is 7.98. The molecule has 1 aliphatic heterocycles. The van der Waals surface area contributed by atoms with Crippen LogP contribution in [0.25, 0.3) is 33.5 Å². The van der Waals surface area contributed by atoms with Crippen molar-refractivity contribution >= 4 is 28.6 Å². The Morgan fingerprint density at radius 3 is 2.94 bits per heavy atom. The lowest BCUT2D eigenvalue weighted by Gasteiger charge is -2.26. The predicted octanol–water partition coefficient (Wildman–Crippen LogP) is 4.92. The molecule has 3 heterocycles. The number of aromatic hydroxyl groups is 1. The van der Waals surface area contributed by atoms with E-state index in [1.54, 1.807) is 17.8 Å². The van der Waals surface area contributed by atoms with E-state index in [4.69, 9.17) is 4.98 Å². The number of phenolic OH excluding ortho intramolecular Hbond substituents is 1. The lowest BCUT2D eigenvalue weighted by molar-refractivity contribution is -0.132. The van der Waals surface area contributed by atoms with Crippen molar-refractivity contribution in [1.82, 2.24) is 25.1 Å². The Hall–Kier alpha value is -3.26. The maximum Gasteiger partial charge on any atom is 0.222 e. The van der Waals surface area contributed by atoms with Crippen LogP contribution in [0.4, 0.5) is 0 Å². The first-order valence-corrected chi connectivity index (χ1v) is 13.1. The molecule has 5 rings (SSSR count). The quantitative estimate of drug-likeness (QED) is 0.330. The molecule has 0 fully saturated rings. The van der Waals surface area contributed by atoms with Gasteiger partial charge in [0.15, 0.2) is 5.82 Å². The molecule has 176 valence electrons. The molecule has 0 saturated carbocycles. The van der Waals surface area contributed by atoms with E-state index < -0.39 is 0 Å².